The number of ether oxygens (including phenoxy) is 2. The van der Waals surface area contributed by atoms with Crippen LogP contribution >= 0.6 is 11.6 Å². The molecule has 0 unspecified atom stereocenters. The summed E-state index contributed by atoms with van der Waals surface area (Å²) in [5.41, 5.74) is 0.652. The molecule has 21 heavy (non-hydrogen) atoms. The van der Waals surface area contributed by atoms with Gasteiger partial charge in [-0.3, -0.25) is 4.79 Å². The van der Waals surface area contributed by atoms with Crippen LogP contribution in [-0.4, -0.2) is 25.2 Å². The lowest BCUT2D eigenvalue weighted by atomic mass is 10.1. The molecule has 0 spiro atoms. The Bertz CT molecular complexity index is 650. The van der Waals surface area contributed by atoms with E-state index in [0.717, 1.165) is 0 Å². The zero-order chi connectivity index (χ0) is 15.4. The minimum atomic E-state index is -0.420. The van der Waals surface area contributed by atoms with Gasteiger partial charge in [-0.1, -0.05) is 17.7 Å². The second-order valence-electron chi connectivity index (χ2n) is 4.16. The molecule has 2 aromatic rings. The largest absolute Gasteiger partial charge is 0.508 e. The van der Waals surface area contributed by atoms with Gasteiger partial charge in [0.05, 0.1) is 24.9 Å². The maximum atomic E-state index is 12.4. The molecule has 5 nitrogen and oxygen atoms in total. The first-order valence-corrected chi connectivity index (χ1v) is 6.45. The summed E-state index contributed by atoms with van der Waals surface area (Å²) >= 11 is 5.97. The van der Waals surface area contributed by atoms with Crippen molar-refractivity contribution in [2.75, 3.05) is 19.5 Å². The van der Waals surface area contributed by atoms with Crippen LogP contribution in [0.25, 0.3) is 0 Å². The van der Waals surface area contributed by atoms with Crippen LogP contribution < -0.4 is 14.8 Å². The summed E-state index contributed by atoms with van der Waals surface area (Å²) in [6.07, 6.45) is 0. The Hall–Kier alpha value is -2.40. The zero-order valence-electron chi connectivity index (χ0n) is 11.5. The average Bonchev–Trinajstić information content (AvgIpc) is 2.49. The van der Waals surface area contributed by atoms with E-state index in [1.165, 1.54) is 32.4 Å². The topological polar surface area (TPSA) is 67.8 Å². The molecule has 2 N–H and O–H groups in total. The Kier molecular flexibility index (Phi) is 4.55. The highest BCUT2D eigenvalue weighted by Crippen LogP contribution is 2.31. The Balaban J connectivity index is 2.36. The minimum Gasteiger partial charge on any atom is -0.508 e. The van der Waals surface area contributed by atoms with Crippen molar-refractivity contribution in [2.24, 2.45) is 0 Å². The number of hydrogen-bond donors (Lipinski definition) is 2. The molecule has 110 valence electrons. The number of rotatable bonds is 4. The number of carbonyl (C=O) groups excluding carboxylic acids is 1. The van der Waals surface area contributed by atoms with Crippen LogP contribution in [0.1, 0.15) is 10.4 Å². The number of amides is 1. The SMILES string of the molecule is COc1cccc(OC)c1C(=O)Nc1ccc(O)cc1Cl. The first kappa shape index (κ1) is 15.0. The van der Waals surface area contributed by atoms with Crippen molar-refractivity contribution < 1.29 is 19.4 Å². The molecule has 0 fully saturated rings. The summed E-state index contributed by atoms with van der Waals surface area (Å²) in [4.78, 5) is 12.4. The van der Waals surface area contributed by atoms with E-state index in [-0.39, 0.29) is 16.3 Å². The number of phenolic OH excluding ortho intramolecular Hbond substituents is 1. The molecule has 0 atom stereocenters. The molecule has 0 saturated heterocycles. The molecule has 2 rings (SSSR count). The van der Waals surface area contributed by atoms with Crippen LogP contribution in [0, 0.1) is 0 Å². The van der Waals surface area contributed by atoms with Crippen LogP contribution in [0.5, 0.6) is 17.2 Å². The summed E-state index contributed by atoms with van der Waals surface area (Å²) in [5, 5.41) is 12.2. The van der Waals surface area contributed by atoms with Gasteiger partial charge in [-0.2, -0.15) is 0 Å². The molecular weight excluding hydrogens is 294 g/mol. The number of nitrogens with one attached hydrogen (secondary N) is 1. The molecule has 0 saturated carbocycles. The van der Waals surface area contributed by atoms with Gasteiger partial charge in [0.15, 0.2) is 0 Å². The van der Waals surface area contributed by atoms with E-state index in [4.69, 9.17) is 21.1 Å². The molecule has 0 heterocycles. The highest BCUT2D eigenvalue weighted by Gasteiger charge is 2.19. The van der Waals surface area contributed by atoms with E-state index >= 15 is 0 Å². The molecular formula is C15H14ClNO4. The fraction of sp³-hybridized carbons (Fsp3) is 0.133. The number of hydrogen-bond acceptors (Lipinski definition) is 4. The van der Waals surface area contributed by atoms with Crippen LogP contribution in [-0.2, 0) is 0 Å². The third-order valence-electron chi connectivity index (χ3n) is 2.86. The molecule has 0 radical (unpaired) electrons. The highest BCUT2D eigenvalue weighted by molar-refractivity contribution is 6.34. The second kappa shape index (κ2) is 6.37. The van der Waals surface area contributed by atoms with Gasteiger partial charge in [-0.25, -0.2) is 0 Å². The van der Waals surface area contributed by atoms with Gasteiger partial charge in [0.25, 0.3) is 5.91 Å². The van der Waals surface area contributed by atoms with Crippen molar-refractivity contribution in [2.45, 2.75) is 0 Å². The summed E-state index contributed by atoms with van der Waals surface area (Å²) in [6, 6.07) is 9.34. The van der Waals surface area contributed by atoms with Gasteiger partial charge in [-0.15, -0.1) is 0 Å². The maximum absolute atomic E-state index is 12.4. The van der Waals surface area contributed by atoms with Crippen molar-refractivity contribution in [3.63, 3.8) is 0 Å². The van der Waals surface area contributed by atoms with Crippen molar-refractivity contribution >= 4 is 23.2 Å². The Morgan fingerprint density at radius 2 is 1.76 bits per heavy atom. The normalized spacial score (nSPS) is 10.0. The predicted molar refractivity (Wildman–Crippen MR) is 80.6 cm³/mol. The number of anilines is 1. The lowest BCUT2D eigenvalue weighted by Gasteiger charge is -2.13. The minimum absolute atomic E-state index is 0.0212. The quantitative estimate of drug-likeness (QED) is 0.850. The number of methoxy groups -OCH3 is 2. The smallest absolute Gasteiger partial charge is 0.263 e. The third-order valence-corrected chi connectivity index (χ3v) is 3.17. The number of carbonyl (C=O) groups is 1. The number of phenols is 1. The molecule has 0 aromatic heterocycles. The maximum Gasteiger partial charge on any atom is 0.263 e. The summed E-state index contributed by atoms with van der Waals surface area (Å²) in [6.45, 7) is 0. The lowest BCUT2D eigenvalue weighted by molar-refractivity contribution is 0.102. The van der Waals surface area contributed by atoms with E-state index in [1.807, 2.05) is 0 Å². The number of aromatic hydroxyl groups is 1. The van der Waals surface area contributed by atoms with Crippen LogP contribution in [0.2, 0.25) is 5.02 Å². The average molecular weight is 308 g/mol. The van der Waals surface area contributed by atoms with Crippen molar-refractivity contribution in [3.8, 4) is 17.2 Å². The van der Waals surface area contributed by atoms with E-state index in [1.54, 1.807) is 18.2 Å². The van der Waals surface area contributed by atoms with Crippen molar-refractivity contribution in [1.29, 1.82) is 0 Å². The summed E-state index contributed by atoms with van der Waals surface area (Å²) in [5.74, 6) is 0.383. The van der Waals surface area contributed by atoms with Gasteiger partial charge in [0.2, 0.25) is 0 Å². The number of halogens is 1. The van der Waals surface area contributed by atoms with Gasteiger partial charge in [-0.05, 0) is 24.3 Å². The fourth-order valence-electron chi connectivity index (χ4n) is 1.87. The Labute approximate surface area is 127 Å². The monoisotopic (exact) mass is 307 g/mol. The molecule has 0 bridgehead atoms. The van der Waals surface area contributed by atoms with E-state index in [0.29, 0.717) is 17.2 Å². The molecule has 2 aromatic carbocycles. The molecule has 0 aliphatic rings. The molecule has 6 heteroatoms. The van der Waals surface area contributed by atoms with Crippen molar-refractivity contribution in [3.05, 3.63) is 47.0 Å². The Morgan fingerprint density at radius 1 is 1.14 bits per heavy atom. The summed E-state index contributed by atoms with van der Waals surface area (Å²) in [7, 11) is 2.94. The fourth-order valence-corrected chi connectivity index (χ4v) is 2.09. The molecule has 0 aliphatic heterocycles. The van der Waals surface area contributed by atoms with Crippen LogP contribution in [0.15, 0.2) is 36.4 Å². The second-order valence-corrected chi connectivity index (χ2v) is 4.56. The van der Waals surface area contributed by atoms with Gasteiger partial charge in [0.1, 0.15) is 22.8 Å². The summed E-state index contributed by atoms with van der Waals surface area (Å²) < 4.78 is 10.4. The van der Waals surface area contributed by atoms with E-state index in [9.17, 15) is 9.90 Å². The van der Waals surface area contributed by atoms with Crippen LogP contribution in [0.4, 0.5) is 5.69 Å². The van der Waals surface area contributed by atoms with Gasteiger partial charge in [0, 0.05) is 6.07 Å². The predicted octanol–water partition coefficient (Wildman–Crippen LogP) is 3.32. The highest BCUT2D eigenvalue weighted by atomic mass is 35.5. The lowest BCUT2D eigenvalue weighted by Crippen LogP contribution is -2.14. The number of benzene rings is 2. The van der Waals surface area contributed by atoms with Crippen molar-refractivity contribution in [1.82, 2.24) is 0 Å². The van der Waals surface area contributed by atoms with E-state index in [2.05, 4.69) is 5.32 Å². The van der Waals surface area contributed by atoms with Gasteiger partial charge < -0.3 is 19.9 Å². The van der Waals surface area contributed by atoms with Gasteiger partial charge >= 0.3 is 0 Å². The Morgan fingerprint density at radius 3 is 2.29 bits per heavy atom. The third kappa shape index (κ3) is 3.20. The van der Waals surface area contributed by atoms with E-state index < -0.39 is 5.91 Å². The first-order valence-electron chi connectivity index (χ1n) is 6.07. The first-order chi connectivity index (χ1) is 10.1. The zero-order valence-corrected chi connectivity index (χ0v) is 12.3. The molecule has 0 aliphatic carbocycles. The van der Waals surface area contributed by atoms with Crippen LogP contribution in [0.3, 0.4) is 0 Å². The molecule has 1 amide bonds. The standard InChI is InChI=1S/C15H14ClNO4/c1-20-12-4-3-5-13(21-2)14(12)15(19)17-11-7-6-9(18)8-10(11)16/h3-8,18H,1-2H3,(H,17,19).